The lowest BCUT2D eigenvalue weighted by atomic mass is 10.3. The molecule has 14 heavy (non-hydrogen) atoms. The van der Waals surface area contributed by atoms with Gasteiger partial charge in [-0.25, -0.2) is 0 Å². The normalized spacial score (nSPS) is 10.9. The highest BCUT2D eigenvalue weighted by molar-refractivity contribution is 8.02. The summed E-state index contributed by atoms with van der Waals surface area (Å²) in [6.45, 7) is 0. The molecule has 0 aliphatic heterocycles. The predicted molar refractivity (Wildman–Crippen MR) is 63.0 cm³/mol. The van der Waals surface area contributed by atoms with Gasteiger partial charge in [-0.3, -0.25) is 5.10 Å². The fourth-order valence-electron chi connectivity index (χ4n) is 1.16. The second-order valence-electron chi connectivity index (χ2n) is 2.83. The largest absolute Gasteiger partial charge is 0.258 e. The van der Waals surface area contributed by atoms with Crippen LogP contribution in [0.1, 0.15) is 0 Å². The molecule has 1 aromatic carbocycles. The Morgan fingerprint density at radius 2 is 2.29 bits per heavy atom. The number of nitrogens with one attached hydrogen (secondary N) is 1. The lowest BCUT2D eigenvalue weighted by Crippen LogP contribution is -1.82. The van der Waals surface area contributed by atoms with Gasteiger partial charge in [-0.2, -0.15) is 11.8 Å². The number of benzene rings is 1. The van der Waals surface area contributed by atoms with Crippen LogP contribution in [0.25, 0.3) is 11.0 Å². The third-order valence-electron chi connectivity index (χ3n) is 1.85. The zero-order valence-electron chi connectivity index (χ0n) is 7.86. The van der Waals surface area contributed by atoms with E-state index < -0.39 is 0 Å². The van der Waals surface area contributed by atoms with Gasteiger partial charge in [-0.1, -0.05) is 5.21 Å². The topological polar surface area (TPSA) is 41.6 Å². The van der Waals surface area contributed by atoms with Crippen molar-refractivity contribution in [1.29, 1.82) is 0 Å². The van der Waals surface area contributed by atoms with Crippen LogP contribution in [0.3, 0.4) is 0 Å². The minimum atomic E-state index is 0.930. The molecule has 3 nitrogen and oxygen atoms in total. The number of rotatable bonds is 4. The summed E-state index contributed by atoms with van der Waals surface area (Å²) < 4.78 is 0. The van der Waals surface area contributed by atoms with Crippen LogP contribution >= 0.6 is 23.5 Å². The highest BCUT2D eigenvalue weighted by Gasteiger charge is 1.99. The molecule has 2 rings (SSSR count). The average Bonchev–Trinajstić information content (AvgIpc) is 2.65. The van der Waals surface area contributed by atoms with E-state index in [1.807, 2.05) is 29.6 Å². The van der Waals surface area contributed by atoms with E-state index in [4.69, 9.17) is 0 Å². The van der Waals surface area contributed by atoms with Crippen LogP contribution in [0.5, 0.6) is 0 Å². The van der Waals surface area contributed by atoms with E-state index in [1.54, 1.807) is 0 Å². The average molecular weight is 225 g/mol. The zero-order chi connectivity index (χ0) is 9.80. The van der Waals surface area contributed by atoms with Gasteiger partial charge >= 0.3 is 0 Å². The molecule has 0 saturated heterocycles. The Hall–Kier alpha value is -0.680. The summed E-state index contributed by atoms with van der Waals surface area (Å²) >= 11 is 3.74. The minimum absolute atomic E-state index is 0.930. The second kappa shape index (κ2) is 4.70. The summed E-state index contributed by atoms with van der Waals surface area (Å²) in [7, 11) is 0. The van der Waals surface area contributed by atoms with Crippen molar-refractivity contribution in [3.63, 3.8) is 0 Å². The Labute approximate surface area is 91.0 Å². The fourth-order valence-corrected chi connectivity index (χ4v) is 2.76. The minimum Gasteiger partial charge on any atom is -0.258 e. The van der Waals surface area contributed by atoms with Crippen molar-refractivity contribution in [3.05, 3.63) is 18.2 Å². The van der Waals surface area contributed by atoms with Gasteiger partial charge < -0.3 is 0 Å². The zero-order valence-corrected chi connectivity index (χ0v) is 9.49. The maximum Gasteiger partial charge on any atom is 0.113 e. The molecule has 0 unspecified atom stereocenters. The van der Waals surface area contributed by atoms with Gasteiger partial charge in [-0.05, 0) is 24.5 Å². The molecule has 1 N–H and O–H groups in total. The van der Waals surface area contributed by atoms with Crippen molar-refractivity contribution in [1.82, 2.24) is 15.4 Å². The summed E-state index contributed by atoms with van der Waals surface area (Å²) in [4.78, 5) is 1.28. The molecular formula is C9H11N3S2. The van der Waals surface area contributed by atoms with Crippen molar-refractivity contribution < 1.29 is 0 Å². The maximum atomic E-state index is 3.94. The van der Waals surface area contributed by atoms with Crippen LogP contribution in [-0.2, 0) is 0 Å². The van der Waals surface area contributed by atoms with Crippen LogP contribution in [0.2, 0.25) is 0 Å². The van der Waals surface area contributed by atoms with Crippen molar-refractivity contribution >= 4 is 34.6 Å². The second-order valence-corrected chi connectivity index (χ2v) is 4.99. The highest BCUT2D eigenvalue weighted by atomic mass is 32.2. The van der Waals surface area contributed by atoms with Gasteiger partial charge in [0.15, 0.2) is 0 Å². The van der Waals surface area contributed by atoms with Gasteiger partial charge in [0.05, 0.1) is 5.52 Å². The summed E-state index contributed by atoms with van der Waals surface area (Å²) in [6, 6.07) is 6.19. The van der Waals surface area contributed by atoms with Crippen molar-refractivity contribution in [2.75, 3.05) is 17.8 Å². The number of thioether (sulfide) groups is 2. The highest BCUT2D eigenvalue weighted by Crippen LogP contribution is 2.21. The lowest BCUT2D eigenvalue weighted by molar-refractivity contribution is 0.959. The van der Waals surface area contributed by atoms with Crippen molar-refractivity contribution in [2.24, 2.45) is 0 Å². The molecule has 0 radical (unpaired) electrons. The predicted octanol–water partition coefficient (Wildman–Crippen LogP) is 2.41. The van der Waals surface area contributed by atoms with Gasteiger partial charge in [0, 0.05) is 16.4 Å². The molecule has 1 aromatic heterocycles. The van der Waals surface area contributed by atoms with Crippen LogP contribution in [0, 0.1) is 0 Å². The van der Waals surface area contributed by atoms with E-state index in [0.717, 1.165) is 16.8 Å². The molecule has 0 aliphatic rings. The first-order valence-electron chi connectivity index (χ1n) is 4.32. The summed E-state index contributed by atoms with van der Waals surface area (Å²) in [6.07, 6.45) is 2.13. The molecule has 0 atom stereocenters. The standard InChI is InChI=1S/C9H11N3S2/c1-13-4-5-14-7-2-3-8-9(6-7)11-12-10-8/h2-3,6H,4-5H2,1H3,(H,10,11,12). The van der Waals surface area contributed by atoms with E-state index in [-0.39, 0.29) is 0 Å². The smallest absolute Gasteiger partial charge is 0.113 e. The summed E-state index contributed by atoms with van der Waals surface area (Å²) in [5.74, 6) is 2.33. The molecule has 0 saturated carbocycles. The molecule has 0 spiro atoms. The number of aromatic amines is 1. The van der Waals surface area contributed by atoms with E-state index in [9.17, 15) is 0 Å². The van der Waals surface area contributed by atoms with Gasteiger partial charge in [0.2, 0.25) is 0 Å². The number of H-pyrrole nitrogens is 1. The first-order valence-corrected chi connectivity index (χ1v) is 6.70. The number of hydrogen-bond acceptors (Lipinski definition) is 4. The van der Waals surface area contributed by atoms with Gasteiger partial charge in [0.25, 0.3) is 0 Å². The Kier molecular flexibility index (Phi) is 3.31. The number of hydrogen-bond donors (Lipinski definition) is 1. The van der Waals surface area contributed by atoms with Crippen LogP contribution in [0.4, 0.5) is 0 Å². The number of aromatic nitrogens is 3. The van der Waals surface area contributed by atoms with Gasteiger partial charge in [0.1, 0.15) is 5.52 Å². The van der Waals surface area contributed by atoms with Crippen LogP contribution in [0.15, 0.2) is 23.1 Å². The van der Waals surface area contributed by atoms with Crippen LogP contribution in [-0.4, -0.2) is 33.2 Å². The van der Waals surface area contributed by atoms with Gasteiger partial charge in [-0.15, -0.1) is 16.9 Å². The van der Waals surface area contributed by atoms with Crippen molar-refractivity contribution in [2.45, 2.75) is 4.90 Å². The fraction of sp³-hybridized carbons (Fsp3) is 0.333. The summed E-state index contributed by atoms with van der Waals surface area (Å²) in [5, 5.41) is 10.6. The summed E-state index contributed by atoms with van der Waals surface area (Å²) in [5.41, 5.74) is 1.94. The monoisotopic (exact) mass is 225 g/mol. The Morgan fingerprint density at radius 1 is 1.36 bits per heavy atom. The third kappa shape index (κ3) is 2.22. The van der Waals surface area contributed by atoms with E-state index in [2.05, 4.69) is 33.8 Å². The lowest BCUT2D eigenvalue weighted by Gasteiger charge is -1.99. The molecule has 0 aliphatic carbocycles. The third-order valence-corrected chi connectivity index (χ3v) is 3.72. The Balaban J connectivity index is 2.10. The van der Waals surface area contributed by atoms with E-state index in [0.29, 0.717) is 0 Å². The quantitative estimate of drug-likeness (QED) is 0.641. The molecule has 2 aromatic rings. The first-order chi connectivity index (χ1) is 6.90. The van der Waals surface area contributed by atoms with E-state index >= 15 is 0 Å². The molecule has 5 heteroatoms. The molecule has 0 fully saturated rings. The number of fused-ring (bicyclic) bond motifs is 1. The molecule has 0 amide bonds. The van der Waals surface area contributed by atoms with E-state index in [1.165, 1.54) is 10.6 Å². The molecule has 1 heterocycles. The SMILES string of the molecule is CSCCSc1ccc2nn[nH]c2c1. The maximum absolute atomic E-state index is 3.94. The Bertz CT molecular complexity index is 413. The first kappa shape index (κ1) is 9.86. The molecule has 0 bridgehead atoms. The van der Waals surface area contributed by atoms with Crippen LogP contribution < -0.4 is 0 Å². The van der Waals surface area contributed by atoms with Crippen molar-refractivity contribution in [3.8, 4) is 0 Å². The molecular weight excluding hydrogens is 214 g/mol. The Morgan fingerprint density at radius 3 is 3.14 bits per heavy atom. The number of nitrogens with zero attached hydrogens (tertiary/aromatic N) is 2. The molecule has 74 valence electrons.